The van der Waals surface area contributed by atoms with Crippen LogP contribution in [0.1, 0.15) is 18.9 Å². The minimum absolute atomic E-state index is 0.104. The molecule has 1 aromatic carbocycles. The van der Waals surface area contributed by atoms with Crippen LogP contribution in [-0.2, 0) is 21.3 Å². The largest absolute Gasteiger partial charge is 0.326 e. The molecular weight excluding hydrogens is 234 g/mol. The van der Waals surface area contributed by atoms with Gasteiger partial charge in [0.15, 0.2) is 0 Å². The molecule has 1 aromatic rings. The van der Waals surface area contributed by atoms with Gasteiger partial charge < -0.3 is 5.32 Å². The molecule has 92 valence electrons. The number of amides is 1. The van der Waals surface area contributed by atoms with E-state index in [1.54, 1.807) is 6.26 Å². The van der Waals surface area contributed by atoms with Gasteiger partial charge in [-0.15, -0.1) is 0 Å². The molecule has 1 saturated carbocycles. The lowest BCUT2D eigenvalue weighted by Gasteiger charge is -2.06. The highest BCUT2D eigenvalue weighted by atomic mass is 32.2. The summed E-state index contributed by atoms with van der Waals surface area (Å²) in [4.78, 5) is 11.7. The molecule has 1 N–H and O–H groups in total. The van der Waals surface area contributed by atoms with Gasteiger partial charge in [-0.1, -0.05) is 19.1 Å². The monoisotopic (exact) mass is 251 g/mol. The summed E-state index contributed by atoms with van der Waals surface area (Å²) in [5, 5.41) is 2.91. The van der Waals surface area contributed by atoms with Gasteiger partial charge in [0.25, 0.3) is 0 Å². The van der Waals surface area contributed by atoms with Gasteiger partial charge in [0.05, 0.1) is 0 Å². The number of anilines is 1. The van der Waals surface area contributed by atoms with E-state index >= 15 is 0 Å². The third-order valence-corrected chi connectivity index (χ3v) is 3.75. The molecule has 1 fully saturated rings. The van der Waals surface area contributed by atoms with Crippen LogP contribution in [-0.4, -0.2) is 16.4 Å². The second-order valence-electron chi connectivity index (χ2n) is 4.73. The van der Waals surface area contributed by atoms with Crippen molar-refractivity contribution in [3.8, 4) is 0 Å². The van der Waals surface area contributed by atoms with Gasteiger partial charge in [0.1, 0.15) is 0 Å². The fourth-order valence-corrected chi connectivity index (χ4v) is 2.54. The van der Waals surface area contributed by atoms with Crippen LogP contribution in [0.25, 0.3) is 0 Å². The quantitative estimate of drug-likeness (QED) is 0.891. The number of benzene rings is 1. The Morgan fingerprint density at radius 1 is 1.53 bits per heavy atom. The SMILES string of the molecule is CC1CC1C(=O)Nc1cccc(CS(C)=O)c1. The lowest BCUT2D eigenvalue weighted by molar-refractivity contribution is -0.117. The molecule has 0 saturated heterocycles. The maximum Gasteiger partial charge on any atom is 0.227 e. The van der Waals surface area contributed by atoms with Crippen LogP contribution in [0.15, 0.2) is 24.3 Å². The van der Waals surface area contributed by atoms with E-state index in [1.165, 1.54) is 0 Å². The average Bonchev–Trinajstić information content (AvgIpc) is 2.95. The molecule has 3 nitrogen and oxygen atoms in total. The zero-order valence-electron chi connectivity index (χ0n) is 10.1. The van der Waals surface area contributed by atoms with Crippen molar-refractivity contribution in [3.63, 3.8) is 0 Å². The number of hydrogen-bond acceptors (Lipinski definition) is 2. The highest BCUT2D eigenvalue weighted by Crippen LogP contribution is 2.38. The van der Waals surface area contributed by atoms with Crippen molar-refractivity contribution in [2.45, 2.75) is 19.1 Å². The summed E-state index contributed by atoms with van der Waals surface area (Å²) in [6.07, 6.45) is 2.67. The molecule has 0 spiro atoms. The number of carbonyl (C=O) groups is 1. The summed E-state index contributed by atoms with van der Waals surface area (Å²) in [6.45, 7) is 2.08. The van der Waals surface area contributed by atoms with Crippen LogP contribution in [0.4, 0.5) is 5.69 Å². The topological polar surface area (TPSA) is 46.2 Å². The molecule has 0 bridgehead atoms. The van der Waals surface area contributed by atoms with Gasteiger partial charge in [-0.25, -0.2) is 0 Å². The Morgan fingerprint density at radius 3 is 2.82 bits per heavy atom. The Bertz CT molecular complexity index is 458. The fraction of sp³-hybridized carbons (Fsp3) is 0.462. The minimum Gasteiger partial charge on any atom is -0.326 e. The standard InChI is InChI=1S/C13H17NO2S/c1-9-6-12(9)13(15)14-11-5-3-4-10(7-11)8-17(2)16/h3-5,7,9,12H,6,8H2,1-2H3,(H,14,15). The second kappa shape index (κ2) is 5.00. The molecule has 3 atom stereocenters. The normalized spacial score (nSPS) is 24.1. The molecule has 4 heteroatoms. The van der Waals surface area contributed by atoms with Crippen molar-refractivity contribution in [1.29, 1.82) is 0 Å². The van der Waals surface area contributed by atoms with Gasteiger partial charge in [-0.05, 0) is 30.0 Å². The van der Waals surface area contributed by atoms with Crippen LogP contribution in [0.2, 0.25) is 0 Å². The van der Waals surface area contributed by atoms with E-state index < -0.39 is 10.8 Å². The summed E-state index contributed by atoms with van der Waals surface area (Å²) in [5.41, 5.74) is 1.80. The number of rotatable bonds is 4. The van der Waals surface area contributed by atoms with E-state index in [2.05, 4.69) is 12.2 Å². The predicted molar refractivity (Wildman–Crippen MR) is 70.1 cm³/mol. The van der Waals surface area contributed by atoms with Crippen LogP contribution in [0, 0.1) is 11.8 Å². The van der Waals surface area contributed by atoms with Gasteiger partial charge in [-0.2, -0.15) is 0 Å². The Hall–Kier alpha value is -1.16. The highest BCUT2D eigenvalue weighted by molar-refractivity contribution is 7.83. The molecule has 17 heavy (non-hydrogen) atoms. The first-order valence-electron chi connectivity index (χ1n) is 5.76. The second-order valence-corrected chi connectivity index (χ2v) is 6.16. The number of nitrogens with one attached hydrogen (secondary N) is 1. The Kier molecular flexibility index (Phi) is 3.62. The van der Waals surface area contributed by atoms with E-state index in [1.807, 2.05) is 24.3 Å². The third-order valence-electron chi connectivity index (χ3n) is 3.01. The van der Waals surface area contributed by atoms with Crippen molar-refractivity contribution >= 4 is 22.4 Å². The number of hydrogen-bond donors (Lipinski definition) is 1. The van der Waals surface area contributed by atoms with E-state index in [4.69, 9.17) is 0 Å². The summed E-state index contributed by atoms with van der Waals surface area (Å²) in [7, 11) is -0.852. The highest BCUT2D eigenvalue weighted by Gasteiger charge is 2.38. The fourth-order valence-electron chi connectivity index (χ4n) is 1.90. The van der Waals surface area contributed by atoms with E-state index in [0.717, 1.165) is 17.7 Å². The Morgan fingerprint density at radius 2 is 2.24 bits per heavy atom. The lowest BCUT2D eigenvalue weighted by atomic mass is 10.2. The molecule has 1 aliphatic rings. The van der Waals surface area contributed by atoms with Crippen molar-refractivity contribution in [1.82, 2.24) is 0 Å². The van der Waals surface area contributed by atoms with Gasteiger partial charge >= 0.3 is 0 Å². The lowest BCUT2D eigenvalue weighted by Crippen LogP contribution is -2.14. The minimum atomic E-state index is -0.852. The van der Waals surface area contributed by atoms with Crippen molar-refractivity contribution in [2.75, 3.05) is 11.6 Å². The van der Waals surface area contributed by atoms with Crippen molar-refractivity contribution in [3.05, 3.63) is 29.8 Å². The molecule has 0 aliphatic heterocycles. The van der Waals surface area contributed by atoms with Gasteiger partial charge in [0.2, 0.25) is 5.91 Å². The zero-order valence-corrected chi connectivity index (χ0v) is 10.9. The maximum absolute atomic E-state index is 11.7. The van der Waals surface area contributed by atoms with Gasteiger partial charge in [0, 0.05) is 34.4 Å². The molecule has 0 aromatic heterocycles. The van der Waals surface area contributed by atoms with E-state index in [-0.39, 0.29) is 11.8 Å². The smallest absolute Gasteiger partial charge is 0.227 e. The molecule has 0 radical (unpaired) electrons. The molecule has 1 amide bonds. The first-order valence-corrected chi connectivity index (χ1v) is 7.49. The zero-order chi connectivity index (χ0) is 12.4. The third kappa shape index (κ3) is 3.40. The molecule has 2 rings (SSSR count). The first kappa shape index (κ1) is 12.3. The first-order chi connectivity index (χ1) is 8.06. The summed E-state index contributed by atoms with van der Waals surface area (Å²) in [6, 6.07) is 7.57. The number of carbonyl (C=O) groups excluding carboxylic acids is 1. The average molecular weight is 251 g/mol. The van der Waals surface area contributed by atoms with Crippen molar-refractivity contribution < 1.29 is 9.00 Å². The summed E-state index contributed by atoms with van der Waals surface area (Å²) < 4.78 is 11.1. The van der Waals surface area contributed by atoms with E-state index in [9.17, 15) is 9.00 Å². The van der Waals surface area contributed by atoms with Crippen molar-refractivity contribution in [2.24, 2.45) is 11.8 Å². The molecular formula is C13H17NO2S. The molecule has 3 unspecified atom stereocenters. The summed E-state index contributed by atoms with van der Waals surface area (Å²) >= 11 is 0. The van der Waals surface area contributed by atoms with Crippen LogP contribution in [0.3, 0.4) is 0 Å². The molecule has 0 heterocycles. The Balaban J connectivity index is 2.00. The van der Waals surface area contributed by atoms with Gasteiger partial charge in [-0.3, -0.25) is 9.00 Å². The van der Waals surface area contributed by atoms with E-state index in [0.29, 0.717) is 11.7 Å². The molecule has 1 aliphatic carbocycles. The maximum atomic E-state index is 11.7. The van der Waals surface area contributed by atoms with Crippen LogP contribution in [0.5, 0.6) is 0 Å². The summed E-state index contributed by atoms with van der Waals surface area (Å²) in [5.74, 6) is 1.33. The van der Waals surface area contributed by atoms with Crippen LogP contribution < -0.4 is 5.32 Å². The predicted octanol–water partition coefficient (Wildman–Crippen LogP) is 2.16. The Labute approximate surface area is 104 Å². The van der Waals surface area contributed by atoms with Crippen LogP contribution >= 0.6 is 0 Å².